The highest BCUT2D eigenvalue weighted by molar-refractivity contribution is 5.75. The Morgan fingerprint density at radius 1 is 1.33 bits per heavy atom. The molecule has 2 amide bonds. The van der Waals surface area contributed by atoms with Crippen LogP contribution in [0.15, 0.2) is 36.9 Å². The molecule has 1 unspecified atom stereocenters. The molecule has 0 radical (unpaired) electrons. The highest BCUT2D eigenvalue weighted by atomic mass is 16.3. The number of hydrogen-bond acceptors (Lipinski definition) is 4. The molecule has 1 aromatic carbocycles. The van der Waals surface area contributed by atoms with Crippen molar-refractivity contribution in [3.8, 4) is 5.69 Å². The van der Waals surface area contributed by atoms with Gasteiger partial charge in [0.15, 0.2) is 0 Å². The lowest BCUT2D eigenvalue weighted by atomic mass is 9.99. The number of aliphatic hydroxyl groups is 1. The van der Waals surface area contributed by atoms with Gasteiger partial charge in [0.05, 0.1) is 23.9 Å². The van der Waals surface area contributed by atoms with Gasteiger partial charge >= 0.3 is 6.03 Å². The summed E-state index contributed by atoms with van der Waals surface area (Å²) in [5.41, 5.74) is 1.46. The summed E-state index contributed by atoms with van der Waals surface area (Å²) < 4.78 is 1.68. The van der Waals surface area contributed by atoms with E-state index in [2.05, 4.69) is 20.7 Å². The zero-order valence-corrected chi connectivity index (χ0v) is 13.8. The van der Waals surface area contributed by atoms with E-state index in [1.165, 1.54) is 6.33 Å². The molecule has 0 bridgehead atoms. The Bertz CT molecular complexity index is 663. The van der Waals surface area contributed by atoms with Gasteiger partial charge in [-0.25, -0.2) is 14.5 Å². The normalized spacial score (nSPS) is 17.4. The summed E-state index contributed by atoms with van der Waals surface area (Å²) in [4.78, 5) is 16.2. The van der Waals surface area contributed by atoms with Crippen LogP contribution < -0.4 is 10.6 Å². The molecule has 2 aromatic rings. The second-order valence-corrected chi connectivity index (χ2v) is 6.40. The van der Waals surface area contributed by atoms with Gasteiger partial charge in [-0.15, -0.1) is 0 Å². The summed E-state index contributed by atoms with van der Waals surface area (Å²) in [6.45, 7) is 1.92. The van der Waals surface area contributed by atoms with Crippen molar-refractivity contribution in [3.05, 3.63) is 42.5 Å². The SMILES string of the molecule is CC(NC(=O)NC1(CO)CCCC1)c1ccc(-n2cncn2)cc1. The first-order valence-electron chi connectivity index (χ1n) is 8.26. The predicted octanol–water partition coefficient (Wildman–Crippen LogP) is 1.93. The number of carbonyl (C=O) groups is 1. The Kier molecular flexibility index (Phi) is 4.80. The molecule has 1 aliphatic carbocycles. The molecule has 1 atom stereocenters. The smallest absolute Gasteiger partial charge is 0.315 e. The van der Waals surface area contributed by atoms with E-state index in [-0.39, 0.29) is 18.7 Å². The van der Waals surface area contributed by atoms with E-state index >= 15 is 0 Å². The van der Waals surface area contributed by atoms with Crippen molar-refractivity contribution in [2.45, 2.75) is 44.2 Å². The summed E-state index contributed by atoms with van der Waals surface area (Å²) in [5.74, 6) is 0. The molecule has 3 rings (SSSR count). The van der Waals surface area contributed by atoms with Gasteiger partial charge in [0.1, 0.15) is 12.7 Å². The zero-order chi connectivity index (χ0) is 17.0. The Labute approximate surface area is 141 Å². The summed E-state index contributed by atoms with van der Waals surface area (Å²) in [5, 5.41) is 19.6. The second kappa shape index (κ2) is 7.00. The monoisotopic (exact) mass is 329 g/mol. The van der Waals surface area contributed by atoms with Crippen LogP contribution in [0, 0.1) is 0 Å². The van der Waals surface area contributed by atoms with Crippen molar-refractivity contribution in [1.29, 1.82) is 0 Å². The molecular formula is C17H23N5O2. The van der Waals surface area contributed by atoms with Crippen molar-refractivity contribution in [2.24, 2.45) is 0 Å². The minimum atomic E-state index is -0.458. The molecule has 24 heavy (non-hydrogen) atoms. The fourth-order valence-electron chi connectivity index (χ4n) is 3.19. The fraction of sp³-hybridized carbons (Fsp3) is 0.471. The van der Waals surface area contributed by atoms with E-state index in [0.717, 1.165) is 36.9 Å². The van der Waals surface area contributed by atoms with Gasteiger partial charge in [-0.05, 0) is 37.5 Å². The van der Waals surface area contributed by atoms with E-state index < -0.39 is 5.54 Å². The number of rotatable bonds is 5. The maximum Gasteiger partial charge on any atom is 0.315 e. The van der Waals surface area contributed by atoms with Gasteiger partial charge < -0.3 is 15.7 Å². The maximum atomic E-state index is 12.2. The number of nitrogens with one attached hydrogen (secondary N) is 2. The minimum Gasteiger partial charge on any atom is -0.394 e. The van der Waals surface area contributed by atoms with Gasteiger partial charge in [0, 0.05) is 0 Å². The Morgan fingerprint density at radius 2 is 2.04 bits per heavy atom. The molecule has 1 aliphatic rings. The number of carbonyl (C=O) groups excluding carboxylic acids is 1. The molecule has 1 heterocycles. The molecule has 0 spiro atoms. The number of aromatic nitrogens is 3. The third-order valence-corrected chi connectivity index (χ3v) is 4.67. The molecule has 1 fully saturated rings. The average Bonchev–Trinajstić information content (AvgIpc) is 3.27. The molecule has 0 saturated heterocycles. The van der Waals surface area contributed by atoms with Crippen LogP contribution in [0.3, 0.4) is 0 Å². The lowest BCUT2D eigenvalue weighted by molar-refractivity contribution is 0.162. The molecule has 0 aliphatic heterocycles. The molecular weight excluding hydrogens is 306 g/mol. The van der Waals surface area contributed by atoms with Crippen LogP contribution in [0.4, 0.5) is 4.79 Å². The Balaban J connectivity index is 1.60. The van der Waals surface area contributed by atoms with E-state index in [0.29, 0.717) is 0 Å². The minimum absolute atomic E-state index is 0.0125. The number of aliphatic hydroxyl groups excluding tert-OH is 1. The highest BCUT2D eigenvalue weighted by Gasteiger charge is 2.34. The van der Waals surface area contributed by atoms with E-state index in [9.17, 15) is 9.90 Å². The van der Waals surface area contributed by atoms with Crippen molar-refractivity contribution in [1.82, 2.24) is 25.4 Å². The molecule has 1 aromatic heterocycles. The van der Waals surface area contributed by atoms with E-state index in [1.54, 1.807) is 11.0 Å². The van der Waals surface area contributed by atoms with Crippen LogP contribution in [0.2, 0.25) is 0 Å². The summed E-state index contributed by atoms with van der Waals surface area (Å²) in [7, 11) is 0. The third-order valence-electron chi connectivity index (χ3n) is 4.67. The second-order valence-electron chi connectivity index (χ2n) is 6.40. The molecule has 128 valence electrons. The first-order chi connectivity index (χ1) is 11.6. The van der Waals surface area contributed by atoms with Crippen LogP contribution in [-0.4, -0.2) is 38.0 Å². The van der Waals surface area contributed by atoms with Crippen LogP contribution in [0.25, 0.3) is 5.69 Å². The van der Waals surface area contributed by atoms with Crippen molar-refractivity contribution in [3.63, 3.8) is 0 Å². The summed E-state index contributed by atoms with van der Waals surface area (Å²) in [6, 6.07) is 7.42. The zero-order valence-electron chi connectivity index (χ0n) is 13.8. The standard InChI is InChI=1S/C17H23N5O2/c1-13(20-16(24)21-17(10-23)8-2-3-9-17)14-4-6-15(7-5-14)22-12-18-11-19-22/h4-7,11-13,23H,2-3,8-10H2,1H3,(H2,20,21,24). The third kappa shape index (κ3) is 3.56. The molecule has 3 N–H and O–H groups in total. The van der Waals surface area contributed by atoms with Crippen LogP contribution in [0.5, 0.6) is 0 Å². The summed E-state index contributed by atoms with van der Waals surface area (Å²) >= 11 is 0. The van der Waals surface area contributed by atoms with Crippen LogP contribution in [-0.2, 0) is 0 Å². The quantitative estimate of drug-likeness (QED) is 0.781. The van der Waals surface area contributed by atoms with Crippen LogP contribution >= 0.6 is 0 Å². The van der Waals surface area contributed by atoms with Gasteiger partial charge in [-0.1, -0.05) is 25.0 Å². The van der Waals surface area contributed by atoms with Crippen molar-refractivity contribution >= 4 is 6.03 Å². The topological polar surface area (TPSA) is 92.1 Å². The molecule has 1 saturated carbocycles. The molecule has 7 nitrogen and oxygen atoms in total. The van der Waals surface area contributed by atoms with E-state index in [4.69, 9.17) is 0 Å². The number of nitrogens with zero attached hydrogens (tertiary/aromatic N) is 3. The van der Waals surface area contributed by atoms with Crippen LogP contribution in [0.1, 0.15) is 44.2 Å². The summed E-state index contributed by atoms with van der Waals surface area (Å²) in [6.07, 6.45) is 6.87. The van der Waals surface area contributed by atoms with E-state index in [1.807, 2.05) is 31.2 Å². The number of benzene rings is 1. The van der Waals surface area contributed by atoms with Gasteiger partial charge in [-0.3, -0.25) is 0 Å². The number of urea groups is 1. The number of hydrogen-bond donors (Lipinski definition) is 3. The van der Waals surface area contributed by atoms with Crippen molar-refractivity contribution < 1.29 is 9.90 Å². The van der Waals surface area contributed by atoms with Gasteiger partial charge in [-0.2, -0.15) is 5.10 Å². The maximum absolute atomic E-state index is 12.2. The van der Waals surface area contributed by atoms with Gasteiger partial charge in [0.25, 0.3) is 0 Å². The average molecular weight is 329 g/mol. The molecule has 7 heteroatoms. The van der Waals surface area contributed by atoms with Crippen molar-refractivity contribution in [2.75, 3.05) is 6.61 Å². The predicted molar refractivity (Wildman–Crippen MR) is 89.7 cm³/mol. The van der Waals surface area contributed by atoms with Gasteiger partial charge in [0.2, 0.25) is 0 Å². The largest absolute Gasteiger partial charge is 0.394 e. The highest BCUT2D eigenvalue weighted by Crippen LogP contribution is 2.29. The fourth-order valence-corrected chi connectivity index (χ4v) is 3.19. The first kappa shape index (κ1) is 16.4. The lowest BCUT2D eigenvalue weighted by Crippen LogP contribution is -2.53. The Morgan fingerprint density at radius 3 is 2.62 bits per heavy atom. The lowest BCUT2D eigenvalue weighted by Gasteiger charge is -2.29. The first-order valence-corrected chi connectivity index (χ1v) is 8.26. The number of amides is 2. The Hall–Kier alpha value is -2.41.